The molecule has 0 bridgehead atoms. The second-order valence-corrected chi connectivity index (χ2v) is 7.34. The summed E-state index contributed by atoms with van der Waals surface area (Å²) in [6, 6.07) is 16.4. The number of nitrogen functional groups attached to an aromatic ring is 1. The van der Waals surface area contributed by atoms with Crippen LogP contribution in [0.25, 0.3) is 0 Å². The molecule has 0 radical (unpaired) electrons. The van der Waals surface area contributed by atoms with Gasteiger partial charge in [-0.15, -0.1) is 0 Å². The molecule has 3 aromatic rings. The molecule has 27 heavy (non-hydrogen) atoms. The van der Waals surface area contributed by atoms with Gasteiger partial charge in [0.1, 0.15) is 11.1 Å². The fourth-order valence-corrected chi connectivity index (χ4v) is 3.78. The standard InChI is InChI=1S/C20H20N4O2S/c1-12-8-13(2)10-15(9-12)22-19(26)18(14-6-4-3-5-7-14)27-20-23-16(21)11-17(25)24-20/h3-11,18H,1-2H3,(H,22,26)(H3,21,23,24,25). The van der Waals surface area contributed by atoms with Crippen molar-refractivity contribution in [3.05, 3.63) is 81.6 Å². The summed E-state index contributed by atoms with van der Waals surface area (Å²) in [6.45, 7) is 3.96. The van der Waals surface area contributed by atoms with E-state index in [4.69, 9.17) is 5.73 Å². The van der Waals surface area contributed by atoms with Crippen LogP contribution in [0, 0.1) is 13.8 Å². The van der Waals surface area contributed by atoms with Gasteiger partial charge in [-0.05, 0) is 42.7 Å². The number of aromatic nitrogens is 2. The third-order valence-electron chi connectivity index (χ3n) is 3.80. The summed E-state index contributed by atoms with van der Waals surface area (Å²) in [5.41, 5.74) is 8.97. The SMILES string of the molecule is Cc1cc(C)cc(NC(=O)C(Sc2nc(N)cc(=O)[nH]2)c2ccccc2)c1. The molecule has 3 rings (SSSR count). The number of amides is 1. The maximum Gasteiger partial charge on any atom is 0.253 e. The monoisotopic (exact) mass is 380 g/mol. The van der Waals surface area contributed by atoms with Crippen LogP contribution in [0.3, 0.4) is 0 Å². The van der Waals surface area contributed by atoms with E-state index in [2.05, 4.69) is 15.3 Å². The van der Waals surface area contributed by atoms with Gasteiger partial charge in [-0.25, -0.2) is 4.98 Å². The molecule has 0 aliphatic rings. The van der Waals surface area contributed by atoms with Gasteiger partial charge in [0.05, 0.1) is 0 Å². The van der Waals surface area contributed by atoms with E-state index in [9.17, 15) is 9.59 Å². The number of hydrogen-bond donors (Lipinski definition) is 3. The highest BCUT2D eigenvalue weighted by Crippen LogP contribution is 2.34. The van der Waals surface area contributed by atoms with Crippen LogP contribution >= 0.6 is 11.8 Å². The largest absolute Gasteiger partial charge is 0.383 e. The van der Waals surface area contributed by atoms with Crippen molar-refractivity contribution in [1.82, 2.24) is 9.97 Å². The first-order chi connectivity index (χ1) is 12.9. The van der Waals surface area contributed by atoms with Crippen molar-refractivity contribution in [1.29, 1.82) is 0 Å². The first-order valence-corrected chi connectivity index (χ1v) is 9.26. The summed E-state index contributed by atoms with van der Waals surface area (Å²) in [5, 5.41) is 2.66. The molecule has 7 heteroatoms. The summed E-state index contributed by atoms with van der Waals surface area (Å²) in [5.74, 6) is -0.0935. The quantitative estimate of drug-likeness (QED) is 0.465. The lowest BCUT2D eigenvalue weighted by Gasteiger charge is -2.17. The molecule has 4 N–H and O–H groups in total. The lowest BCUT2D eigenvalue weighted by atomic mass is 10.1. The predicted octanol–water partition coefficient (Wildman–Crippen LogP) is 3.44. The Balaban J connectivity index is 1.91. The van der Waals surface area contributed by atoms with E-state index in [1.165, 1.54) is 6.07 Å². The number of carbonyl (C=O) groups is 1. The van der Waals surface area contributed by atoms with Gasteiger partial charge < -0.3 is 16.0 Å². The number of nitrogens with zero attached hydrogens (tertiary/aromatic N) is 1. The molecule has 2 aromatic carbocycles. The molecule has 138 valence electrons. The summed E-state index contributed by atoms with van der Waals surface area (Å²) in [4.78, 5) is 31.4. The smallest absolute Gasteiger partial charge is 0.253 e. The minimum Gasteiger partial charge on any atom is -0.383 e. The average molecular weight is 380 g/mol. The lowest BCUT2D eigenvalue weighted by molar-refractivity contribution is -0.115. The third-order valence-corrected chi connectivity index (χ3v) is 4.94. The van der Waals surface area contributed by atoms with E-state index in [1.807, 2.05) is 62.4 Å². The van der Waals surface area contributed by atoms with Crippen LogP contribution in [0.1, 0.15) is 21.9 Å². The molecular weight excluding hydrogens is 360 g/mol. The number of hydrogen-bond acceptors (Lipinski definition) is 5. The van der Waals surface area contributed by atoms with Crippen LogP contribution in [0.5, 0.6) is 0 Å². The van der Waals surface area contributed by atoms with Crippen molar-refractivity contribution in [3.8, 4) is 0 Å². The van der Waals surface area contributed by atoms with E-state index >= 15 is 0 Å². The Labute approximate surface area is 161 Å². The van der Waals surface area contributed by atoms with Crippen molar-refractivity contribution in [2.24, 2.45) is 0 Å². The number of aryl methyl sites for hydroxylation is 2. The predicted molar refractivity (Wildman–Crippen MR) is 109 cm³/mol. The van der Waals surface area contributed by atoms with Crippen LogP contribution in [0.2, 0.25) is 0 Å². The van der Waals surface area contributed by atoms with Gasteiger partial charge in [0.25, 0.3) is 5.56 Å². The maximum absolute atomic E-state index is 13.0. The van der Waals surface area contributed by atoms with Gasteiger partial charge in [-0.3, -0.25) is 9.59 Å². The number of H-pyrrole nitrogens is 1. The number of aromatic amines is 1. The Bertz CT molecular complexity index is 998. The van der Waals surface area contributed by atoms with Crippen molar-refractivity contribution in [2.75, 3.05) is 11.1 Å². The Kier molecular flexibility index (Phi) is 5.61. The highest BCUT2D eigenvalue weighted by Gasteiger charge is 2.23. The molecule has 0 aliphatic carbocycles. The Morgan fingerprint density at radius 2 is 1.78 bits per heavy atom. The van der Waals surface area contributed by atoms with Gasteiger partial charge in [0.15, 0.2) is 5.16 Å². The molecule has 1 atom stereocenters. The molecule has 1 unspecified atom stereocenters. The van der Waals surface area contributed by atoms with Gasteiger partial charge >= 0.3 is 0 Å². The minimum absolute atomic E-state index is 0.114. The van der Waals surface area contributed by atoms with E-state index in [0.717, 1.165) is 34.1 Å². The highest BCUT2D eigenvalue weighted by molar-refractivity contribution is 8.00. The zero-order valence-corrected chi connectivity index (χ0v) is 15.8. The minimum atomic E-state index is -0.600. The van der Waals surface area contributed by atoms with E-state index in [0.29, 0.717) is 5.16 Å². The first-order valence-electron chi connectivity index (χ1n) is 8.38. The summed E-state index contributed by atoms with van der Waals surface area (Å²) < 4.78 is 0. The van der Waals surface area contributed by atoms with Crippen molar-refractivity contribution in [3.63, 3.8) is 0 Å². The first kappa shape index (κ1) is 18.7. The van der Waals surface area contributed by atoms with Crippen LogP contribution < -0.4 is 16.6 Å². The van der Waals surface area contributed by atoms with Crippen molar-refractivity contribution in [2.45, 2.75) is 24.3 Å². The molecule has 0 aliphatic heterocycles. The van der Waals surface area contributed by atoms with Gasteiger partial charge in [-0.2, -0.15) is 0 Å². The number of carbonyl (C=O) groups excluding carboxylic acids is 1. The number of benzene rings is 2. The van der Waals surface area contributed by atoms with E-state index < -0.39 is 5.25 Å². The zero-order valence-electron chi connectivity index (χ0n) is 15.0. The highest BCUT2D eigenvalue weighted by atomic mass is 32.2. The lowest BCUT2D eigenvalue weighted by Crippen LogP contribution is -2.20. The van der Waals surface area contributed by atoms with Crippen molar-refractivity contribution < 1.29 is 4.79 Å². The van der Waals surface area contributed by atoms with Crippen LogP contribution in [0.4, 0.5) is 11.5 Å². The molecule has 1 amide bonds. The average Bonchev–Trinajstić information content (AvgIpc) is 2.58. The van der Waals surface area contributed by atoms with Gasteiger partial charge in [0.2, 0.25) is 5.91 Å². The Morgan fingerprint density at radius 3 is 2.41 bits per heavy atom. The second-order valence-electron chi connectivity index (χ2n) is 6.25. The van der Waals surface area contributed by atoms with Crippen LogP contribution in [0.15, 0.2) is 64.5 Å². The van der Waals surface area contributed by atoms with Crippen LogP contribution in [-0.2, 0) is 4.79 Å². The van der Waals surface area contributed by atoms with E-state index in [-0.39, 0.29) is 17.3 Å². The zero-order chi connectivity index (χ0) is 19.4. The Morgan fingerprint density at radius 1 is 1.11 bits per heavy atom. The van der Waals surface area contributed by atoms with Gasteiger partial charge in [0, 0.05) is 11.8 Å². The fraction of sp³-hybridized carbons (Fsp3) is 0.150. The number of nitrogens with one attached hydrogen (secondary N) is 2. The second kappa shape index (κ2) is 8.09. The third kappa shape index (κ3) is 4.98. The number of nitrogens with two attached hydrogens (primary N) is 1. The number of anilines is 2. The fourth-order valence-electron chi connectivity index (χ4n) is 2.78. The summed E-state index contributed by atoms with van der Waals surface area (Å²) in [7, 11) is 0. The number of rotatable bonds is 5. The topological polar surface area (TPSA) is 101 Å². The summed E-state index contributed by atoms with van der Waals surface area (Å²) in [6.07, 6.45) is 0. The molecule has 6 nitrogen and oxygen atoms in total. The Hall–Kier alpha value is -3.06. The maximum atomic E-state index is 13.0. The molecule has 1 aromatic heterocycles. The van der Waals surface area contributed by atoms with Gasteiger partial charge in [-0.1, -0.05) is 48.2 Å². The normalized spacial score (nSPS) is 11.8. The van der Waals surface area contributed by atoms with E-state index in [1.54, 1.807) is 0 Å². The van der Waals surface area contributed by atoms with Crippen LogP contribution in [-0.4, -0.2) is 15.9 Å². The molecule has 0 saturated carbocycles. The molecule has 0 fully saturated rings. The summed E-state index contributed by atoms with van der Waals surface area (Å²) >= 11 is 1.15. The molecule has 1 heterocycles. The molecular formula is C20H20N4O2S. The number of thioether (sulfide) groups is 1. The van der Waals surface area contributed by atoms with Crippen molar-refractivity contribution >= 4 is 29.2 Å². The molecule has 0 saturated heterocycles. The molecule has 0 spiro atoms.